The summed E-state index contributed by atoms with van der Waals surface area (Å²) in [6.07, 6.45) is 11.7. The van der Waals surface area contributed by atoms with E-state index in [9.17, 15) is 14.7 Å². The van der Waals surface area contributed by atoms with Crippen molar-refractivity contribution in [2.45, 2.75) is 63.7 Å². The molecule has 40 heavy (non-hydrogen) atoms. The fraction of sp³-hybridized carbons (Fsp3) is 0.333. The van der Waals surface area contributed by atoms with Gasteiger partial charge in [0, 0.05) is 48.1 Å². The molecule has 2 heterocycles. The lowest BCUT2D eigenvalue weighted by molar-refractivity contribution is 0.102. The van der Waals surface area contributed by atoms with Gasteiger partial charge in [-0.15, -0.1) is 0 Å². The number of aromatic amines is 2. The van der Waals surface area contributed by atoms with Crippen molar-refractivity contribution in [1.29, 1.82) is 0 Å². The number of carboxylic acid groups (broad SMARTS) is 1. The summed E-state index contributed by atoms with van der Waals surface area (Å²) in [7, 11) is 0. The maximum absolute atomic E-state index is 12.9. The van der Waals surface area contributed by atoms with Crippen LogP contribution in [0.1, 0.15) is 65.2 Å². The number of hydrogen-bond donors (Lipinski definition) is 5. The van der Waals surface area contributed by atoms with E-state index in [4.69, 9.17) is 0 Å². The van der Waals surface area contributed by atoms with Gasteiger partial charge in [0.1, 0.15) is 11.6 Å². The summed E-state index contributed by atoms with van der Waals surface area (Å²) in [6, 6.07) is 15.3. The normalized spacial score (nSPS) is 14.6. The number of benzene rings is 2. The summed E-state index contributed by atoms with van der Waals surface area (Å²) >= 11 is 0. The molecule has 10 heteroatoms. The summed E-state index contributed by atoms with van der Waals surface area (Å²) in [5, 5.41) is 15.1. The molecule has 0 atom stereocenters. The van der Waals surface area contributed by atoms with Crippen molar-refractivity contribution >= 4 is 17.7 Å². The molecular weight excluding hydrogens is 506 g/mol. The first kappa shape index (κ1) is 27.1. The minimum atomic E-state index is -0.973. The van der Waals surface area contributed by atoms with Gasteiger partial charge >= 0.3 is 6.09 Å². The highest BCUT2D eigenvalue weighted by molar-refractivity contribution is 6.04. The van der Waals surface area contributed by atoms with Crippen molar-refractivity contribution in [3.63, 3.8) is 0 Å². The molecule has 208 valence electrons. The van der Waals surface area contributed by atoms with E-state index < -0.39 is 11.6 Å². The van der Waals surface area contributed by atoms with Gasteiger partial charge in [0.25, 0.3) is 5.91 Å². The summed E-state index contributed by atoms with van der Waals surface area (Å²) < 4.78 is 0. The van der Waals surface area contributed by atoms with Crippen LogP contribution in [0, 0.1) is 0 Å². The Kier molecular flexibility index (Phi) is 8.56. The van der Waals surface area contributed by atoms with Crippen LogP contribution in [0.3, 0.4) is 0 Å². The van der Waals surface area contributed by atoms with E-state index in [2.05, 4.69) is 35.5 Å². The third-order valence-corrected chi connectivity index (χ3v) is 7.42. The van der Waals surface area contributed by atoms with Crippen LogP contribution in [0.25, 0.3) is 0 Å². The van der Waals surface area contributed by atoms with Gasteiger partial charge in [-0.25, -0.2) is 14.8 Å². The quantitative estimate of drug-likeness (QED) is 0.179. The Morgan fingerprint density at radius 2 is 1.43 bits per heavy atom. The number of H-pyrrole nitrogens is 2. The number of rotatable bonds is 11. The third kappa shape index (κ3) is 7.35. The standard InChI is InChI=1S/C30H35N7O3/c38-28(35-25-10-6-22(7-11-25)18-30(36-29(39)40)12-2-1-3-13-30)24-8-4-23(5-9-24)19-37(20-26-31-14-15-32-26)21-27-33-16-17-34-27/h4-11,14-17,36H,1-3,12-13,18-21H2,(H,31,32)(H,33,34)(H,35,38)(H,39,40). The number of nitrogens with one attached hydrogen (secondary N) is 4. The van der Waals surface area contributed by atoms with E-state index >= 15 is 0 Å². The molecule has 1 aliphatic rings. The molecule has 5 rings (SSSR count). The molecule has 1 aliphatic carbocycles. The lowest BCUT2D eigenvalue weighted by atomic mass is 9.77. The maximum Gasteiger partial charge on any atom is 0.405 e. The highest BCUT2D eigenvalue weighted by Gasteiger charge is 2.33. The number of carbonyl (C=O) groups is 2. The first-order valence-electron chi connectivity index (χ1n) is 13.7. The number of anilines is 1. The molecule has 1 saturated carbocycles. The fourth-order valence-corrected chi connectivity index (χ4v) is 5.48. The van der Waals surface area contributed by atoms with Gasteiger partial charge in [-0.05, 0) is 54.7 Å². The van der Waals surface area contributed by atoms with Gasteiger partial charge < -0.3 is 25.7 Å². The zero-order chi connectivity index (χ0) is 27.8. The lowest BCUT2D eigenvalue weighted by Gasteiger charge is -2.37. The highest BCUT2D eigenvalue weighted by Crippen LogP contribution is 2.32. The molecule has 0 radical (unpaired) electrons. The Hall–Kier alpha value is -4.44. The summed E-state index contributed by atoms with van der Waals surface area (Å²) in [4.78, 5) is 41.5. The van der Waals surface area contributed by atoms with E-state index in [1.165, 1.54) is 0 Å². The van der Waals surface area contributed by atoms with Crippen LogP contribution in [-0.4, -0.2) is 47.5 Å². The second kappa shape index (κ2) is 12.6. The maximum atomic E-state index is 12.9. The van der Waals surface area contributed by atoms with E-state index in [1.807, 2.05) is 60.9 Å². The smallest absolute Gasteiger partial charge is 0.405 e. The average Bonchev–Trinajstić information content (AvgIpc) is 3.65. The molecule has 2 aromatic carbocycles. The largest absolute Gasteiger partial charge is 0.465 e. The van der Waals surface area contributed by atoms with Crippen LogP contribution in [0.5, 0.6) is 0 Å². The van der Waals surface area contributed by atoms with Crippen molar-refractivity contribution in [3.05, 3.63) is 102 Å². The van der Waals surface area contributed by atoms with Crippen LogP contribution >= 0.6 is 0 Å². The van der Waals surface area contributed by atoms with Crippen molar-refractivity contribution in [3.8, 4) is 0 Å². The number of carbonyl (C=O) groups excluding carboxylic acids is 1. The zero-order valence-corrected chi connectivity index (χ0v) is 22.4. The molecule has 2 aromatic heterocycles. The molecule has 0 spiro atoms. The minimum absolute atomic E-state index is 0.182. The number of nitrogens with zero attached hydrogens (tertiary/aromatic N) is 3. The second-order valence-electron chi connectivity index (χ2n) is 10.5. The first-order valence-corrected chi connectivity index (χ1v) is 13.7. The van der Waals surface area contributed by atoms with Crippen LogP contribution in [0.15, 0.2) is 73.3 Å². The Morgan fingerprint density at radius 3 is 1.98 bits per heavy atom. The average molecular weight is 542 g/mol. The second-order valence-corrected chi connectivity index (χ2v) is 10.5. The minimum Gasteiger partial charge on any atom is -0.465 e. The van der Waals surface area contributed by atoms with Crippen LogP contribution in [-0.2, 0) is 26.1 Å². The van der Waals surface area contributed by atoms with Crippen LogP contribution in [0.4, 0.5) is 10.5 Å². The van der Waals surface area contributed by atoms with E-state index in [0.717, 1.165) is 54.9 Å². The van der Waals surface area contributed by atoms with Gasteiger partial charge in [0.15, 0.2) is 0 Å². The number of imidazole rings is 2. The Labute approximate surface area is 233 Å². The van der Waals surface area contributed by atoms with Gasteiger partial charge in [0.2, 0.25) is 0 Å². The predicted molar refractivity (Wildman–Crippen MR) is 152 cm³/mol. The van der Waals surface area contributed by atoms with E-state index in [1.54, 1.807) is 12.4 Å². The number of amides is 2. The number of hydrogen-bond acceptors (Lipinski definition) is 5. The topological polar surface area (TPSA) is 139 Å². The molecule has 0 saturated heterocycles. The molecule has 10 nitrogen and oxygen atoms in total. The molecular formula is C30H35N7O3. The van der Waals surface area contributed by atoms with Crippen molar-refractivity contribution in [2.24, 2.45) is 0 Å². The van der Waals surface area contributed by atoms with Gasteiger partial charge in [-0.3, -0.25) is 9.69 Å². The molecule has 0 bridgehead atoms. The molecule has 1 fully saturated rings. The molecule has 5 N–H and O–H groups in total. The summed E-state index contributed by atoms with van der Waals surface area (Å²) in [6.45, 7) is 1.95. The molecule has 0 unspecified atom stereocenters. The van der Waals surface area contributed by atoms with Gasteiger partial charge in [-0.2, -0.15) is 0 Å². The van der Waals surface area contributed by atoms with E-state index in [0.29, 0.717) is 37.3 Å². The SMILES string of the molecule is O=C(O)NC1(Cc2ccc(NC(=O)c3ccc(CN(Cc4ncc[nH]4)Cc4ncc[nH]4)cc3)cc2)CCCCC1. The Balaban J connectivity index is 1.18. The van der Waals surface area contributed by atoms with E-state index in [-0.39, 0.29) is 5.91 Å². The monoisotopic (exact) mass is 541 g/mol. The molecule has 2 amide bonds. The molecule has 0 aliphatic heterocycles. The fourth-order valence-electron chi connectivity index (χ4n) is 5.48. The van der Waals surface area contributed by atoms with Crippen molar-refractivity contribution in [2.75, 3.05) is 5.32 Å². The Bertz CT molecular complexity index is 1330. The number of aromatic nitrogens is 4. The van der Waals surface area contributed by atoms with Gasteiger partial charge in [0.05, 0.1) is 13.1 Å². The van der Waals surface area contributed by atoms with Crippen molar-refractivity contribution in [1.82, 2.24) is 30.2 Å². The lowest BCUT2D eigenvalue weighted by Crippen LogP contribution is -2.50. The molecule has 4 aromatic rings. The third-order valence-electron chi connectivity index (χ3n) is 7.42. The Morgan fingerprint density at radius 1 is 0.825 bits per heavy atom. The van der Waals surface area contributed by atoms with Gasteiger partial charge in [-0.1, -0.05) is 43.5 Å². The van der Waals surface area contributed by atoms with Crippen LogP contribution in [0.2, 0.25) is 0 Å². The zero-order valence-electron chi connectivity index (χ0n) is 22.4. The summed E-state index contributed by atoms with van der Waals surface area (Å²) in [5.74, 6) is 1.57. The highest BCUT2D eigenvalue weighted by atomic mass is 16.4. The van der Waals surface area contributed by atoms with Crippen molar-refractivity contribution < 1.29 is 14.7 Å². The summed E-state index contributed by atoms with van der Waals surface area (Å²) in [5.41, 5.74) is 2.98. The first-order chi connectivity index (χ1) is 19.5. The predicted octanol–water partition coefficient (Wildman–Crippen LogP) is 5.10. The van der Waals surface area contributed by atoms with Crippen LogP contribution < -0.4 is 10.6 Å².